The standard InChI is InChI=1S/C13H10ClF2N3O2/c1-21-12-6-10(14)17-13(19-12)18-11(20)5-7-8(15)3-2-4-9(7)16/h2-4,6H,5H2,1H3,(H,17,18,19,20). The minimum Gasteiger partial charge on any atom is -0.481 e. The second-order valence-corrected chi connectivity index (χ2v) is 4.37. The molecule has 0 spiro atoms. The van der Waals surface area contributed by atoms with Crippen molar-refractivity contribution in [2.24, 2.45) is 0 Å². The zero-order valence-corrected chi connectivity index (χ0v) is 11.6. The number of aromatic nitrogens is 2. The van der Waals surface area contributed by atoms with Crippen molar-refractivity contribution in [1.82, 2.24) is 9.97 Å². The molecule has 2 aromatic rings. The number of amides is 1. The zero-order valence-electron chi connectivity index (χ0n) is 10.9. The third-order valence-corrected chi connectivity index (χ3v) is 2.72. The van der Waals surface area contributed by atoms with Gasteiger partial charge in [0, 0.05) is 11.6 Å². The lowest BCUT2D eigenvalue weighted by atomic mass is 10.1. The number of halogens is 3. The Hall–Kier alpha value is -2.28. The Morgan fingerprint density at radius 3 is 2.62 bits per heavy atom. The number of ether oxygens (including phenoxy) is 1. The molecule has 0 fully saturated rings. The van der Waals surface area contributed by atoms with Crippen molar-refractivity contribution in [3.8, 4) is 5.88 Å². The van der Waals surface area contributed by atoms with E-state index in [0.717, 1.165) is 12.1 Å². The van der Waals surface area contributed by atoms with Gasteiger partial charge in [-0.1, -0.05) is 17.7 Å². The van der Waals surface area contributed by atoms with Gasteiger partial charge < -0.3 is 4.74 Å². The molecule has 0 unspecified atom stereocenters. The van der Waals surface area contributed by atoms with Crippen LogP contribution in [0.1, 0.15) is 5.56 Å². The van der Waals surface area contributed by atoms with Crippen molar-refractivity contribution in [3.63, 3.8) is 0 Å². The quantitative estimate of drug-likeness (QED) is 0.881. The average Bonchev–Trinajstić information content (AvgIpc) is 2.42. The SMILES string of the molecule is COc1cc(Cl)nc(NC(=O)Cc2c(F)cccc2F)n1. The maximum absolute atomic E-state index is 13.4. The number of nitrogens with one attached hydrogen (secondary N) is 1. The van der Waals surface area contributed by atoms with E-state index in [1.807, 2.05) is 0 Å². The number of rotatable bonds is 4. The van der Waals surface area contributed by atoms with Gasteiger partial charge in [-0.25, -0.2) is 13.8 Å². The van der Waals surface area contributed by atoms with Crippen LogP contribution in [0.3, 0.4) is 0 Å². The van der Waals surface area contributed by atoms with Crippen molar-refractivity contribution < 1.29 is 18.3 Å². The molecule has 0 aliphatic carbocycles. The molecule has 21 heavy (non-hydrogen) atoms. The van der Waals surface area contributed by atoms with Crippen LogP contribution in [-0.2, 0) is 11.2 Å². The minimum atomic E-state index is -0.797. The van der Waals surface area contributed by atoms with Gasteiger partial charge in [0.05, 0.1) is 13.5 Å². The highest BCUT2D eigenvalue weighted by Gasteiger charge is 2.14. The van der Waals surface area contributed by atoms with Gasteiger partial charge in [-0.2, -0.15) is 4.98 Å². The Morgan fingerprint density at radius 1 is 1.33 bits per heavy atom. The monoisotopic (exact) mass is 313 g/mol. The Kier molecular flexibility index (Phi) is 4.64. The summed E-state index contributed by atoms with van der Waals surface area (Å²) in [5, 5.41) is 2.37. The van der Waals surface area contributed by atoms with Gasteiger partial charge in [-0.05, 0) is 12.1 Å². The molecule has 0 saturated carbocycles. The maximum Gasteiger partial charge on any atom is 0.234 e. The molecule has 0 aliphatic rings. The first-order valence-corrected chi connectivity index (χ1v) is 6.18. The maximum atomic E-state index is 13.4. The van der Waals surface area contributed by atoms with Crippen molar-refractivity contribution in [3.05, 3.63) is 46.6 Å². The van der Waals surface area contributed by atoms with E-state index in [9.17, 15) is 13.6 Å². The fraction of sp³-hybridized carbons (Fsp3) is 0.154. The summed E-state index contributed by atoms with van der Waals surface area (Å²) in [5.74, 6) is -2.23. The summed E-state index contributed by atoms with van der Waals surface area (Å²) in [6.07, 6.45) is -0.489. The van der Waals surface area contributed by atoms with Crippen LogP contribution in [0.5, 0.6) is 5.88 Å². The molecule has 8 heteroatoms. The summed E-state index contributed by atoms with van der Waals surface area (Å²) in [7, 11) is 1.37. The van der Waals surface area contributed by atoms with Gasteiger partial charge in [-0.3, -0.25) is 10.1 Å². The number of carbonyl (C=O) groups is 1. The van der Waals surface area contributed by atoms with E-state index in [4.69, 9.17) is 16.3 Å². The summed E-state index contributed by atoms with van der Waals surface area (Å²) in [5.41, 5.74) is -0.330. The Balaban J connectivity index is 2.14. The summed E-state index contributed by atoms with van der Waals surface area (Å²) in [6, 6.07) is 4.72. The van der Waals surface area contributed by atoms with E-state index in [-0.39, 0.29) is 22.5 Å². The van der Waals surface area contributed by atoms with Gasteiger partial charge in [0.15, 0.2) is 0 Å². The number of nitrogens with zero attached hydrogens (tertiary/aromatic N) is 2. The molecule has 0 bridgehead atoms. The van der Waals surface area contributed by atoms with E-state index in [1.54, 1.807) is 0 Å². The third-order valence-electron chi connectivity index (χ3n) is 2.53. The van der Waals surface area contributed by atoms with E-state index >= 15 is 0 Å². The number of methoxy groups -OCH3 is 1. The molecule has 110 valence electrons. The minimum absolute atomic E-state index is 0.0641. The summed E-state index contributed by atoms with van der Waals surface area (Å²) < 4.78 is 31.7. The lowest BCUT2D eigenvalue weighted by Crippen LogP contribution is -2.18. The molecule has 1 heterocycles. The van der Waals surface area contributed by atoms with Crippen molar-refractivity contribution in [2.45, 2.75) is 6.42 Å². The van der Waals surface area contributed by atoms with Crippen LogP contribution < -0.4 is 10.1 Å². The predicted octanol–water partition coefficient (Wildman–Crippen LogP) is 2.60. The van der Waals surface area contributed by atoms with Crippen LogP contribution in [0, 0.1) is 11.6 Å². The Labute approximate surface area is 123 Å². The molecule has 1 N–H and O–H groups in total. The summed E-state index contributed by atoms with van der Waals surface area (Å²) in [4.78, 5) is 19.4. The average molecular weight is 314 g/mol. The second kappa shape index (κ2) is 6.45. The van der Waals surface area contributed by atoms with Crippen LogP contribution in [0.4, 0.5) is 14.7 Å². The lowest BCUT2D eigenvalue weighted by molar-refractivity contribution is -0.115. The third kappa shape index (κ3) is 3.85. The smallest absolute Gasteiger partial charge is 0.234 e. The first-order valence-electron chi connectivity index (χ1n) is 5.81. The summed E-state index contributed by atoms with van der Waals surface area (Å²) >= 11 is 5.72. The molecule has 5 nitrogen and oxygen atoms in total. The highest BCUT2D eigenvalue weighted by atomic mass is 35.5. The van der Waals surface area contributed by atoms with Gasteiger partial charge in [0.2, 0.25) is 17.7 Å². The van der Waals surface area contributed by atoms with Crippen LogP contribution in [0.25, 0.3) is 0 Å². The number of benzene rings is 1. The molecule has 0 radical (unpaired) electrons. The number of hydrogen-bond acceptors (Lipinski definition) is 4. The number of carbonyl (C=O) groups excluding carboxylic acids is 1. The molecular weight excluding hydrogens is 304 g/mol. The largest absolute Gasteiger partial charge is 0.481 e. The van der Waals surface area contributed by atoms with E-state index in [2.05, 4.69) is 15.3 Å². The number of anilines is 1. The summed E-state index contributed by atoms with van der Waals surface area (Å²) in [6.45, 7) is 0. The van der Waals surface area contributed by atoms with Crippen molar-refractivity contribution in [2.75, 3.05) is 12.4 Å². The molecule has 0 aliphatic heterocycles. The van der Waals surface area contributed by atoms with Crippen LogP contribution in [0.15, 0.2) is 24.3 Å². The van der Waals surface area contributed by atoms with Gasteiger partial charge in [0.25, 0.3) is 0 Å². The Morgan fingerprint density at radius 2 is 2.00 bits per heavy atom. The molecule has 1 aromatic heterocycles. The van der Waals surface area contributed by atoms with Crippen molar-refractivity contribution >= 4 is 23.5 Å². The lowest BCUT2D eigenvalue weighted by Gasteiger charge is -2.07. The zero-order chi connectivity index (χ0) is 15.4. The van der Waals surface area contributed by atoms with Gasteiger partial charge in [-0.15, -0.1) is 0 Å². The van der Waals surface area contributed by atoms with Gasteiger partial charge in [0.1, 0.15) is 16.8 Å². The van der Waals surface area contributed by atoms with Gasteiger partial charge >= 0.3 is 0 Å². The molecule has 0 saturated heterocycles. The first-order chi connectivity index (χ1) is 9.99. The first kappa shape index (κ1) is 15.1. The van der Waals surface area contributed by atoms with Crippen LogP contribution in [0.2, 0.25) is 5.15 Å². The predicted molar refractivity (Wildman–Crippen MR) is 72.3 cm³/mol. The van der Waals surface area contributed by atoms with E-state index in [1.165, 1.54) is 19.2 Å². The molecule has 1 aromatic carbocycles. The van der Waals surface area contributed by atoms with E-state index in [0.29, 0.717) is 0 Å². The fourth-order valence-corrected chi connectivity index (χ4v) is 1.76. The normalized spacial score (nSPS) is 10.3. The van der Waals surface area contributed by atoms with Crippen LogP contribution >= 0.6 is 11.6 Å². The number of hydrogen-bond donors (Lipinski definition) is 1. The van der Waals surface area contributed by atoms with E-state index < -0.39 is 24.0 Å². The second-order valence-electron chi connectivity index (χ2n) is 3.98. The molecular formula is C13H10ClF2N3O2. The fourth-order valence-electron chi connectivity index (χ4n) is 1.59. The Bertz CT molecular complexity index is 662. The van der Waals surface area contributed by atoms with Crippen LogP contribution in [-0.4, -0.2) is 23.0 Å². The highest BCUT2D eigenvalue weighted by Crippen LogP contribution is 2.17. The molecule has 2 rings (SSSR count). The highest BCUT2D eigenvalue weighted by molar-refractivity contribution is 6.29. The molecule has 1 amide bonds. The molecule has 0 atom stereocenters. The topological polar surface area (TPSA) is 64.1 Å². The van der Waals surface area contributed by atoms with Crippen molar-refractivity contribution in [1.29, 1.82) is 0 Å².